The number of aryl methyl sites for hydroxylation is 1. The third-order valence-corrected chi connectivity index (χ3v) is 4.69. The lowest BCUT2D eigenvalue weighted by Gasteiger charge is -2.12. The van der Waals surface area contributed by atoms with Gasteiger partial charge in [0.2, 0.25) is 0 Å². The second-order valence-electron chi connectivity index (χ2n) is 4.70. The van der Waals surface area contributed by atoms with Crippen LogP contribution in [0.15, 0.2) is 51.0 Å². The Hall–Kier alpha value is -1.75. The lowest BCUT2D eigenvalue weighted by atomic mass is 10.0. The maximum Gasteiger partial charge on any atom is 0.330 e. The summed E-state index contributed by atoms with van der Waals surface area (Å²) in [7, 11) is 1.66. The number of benzene rings is 1. The summed E-state index contributed by atoms with van der Waals surface area (Å²) in [6, 6.07) is 9.63. The smallest absolute Gasteiger partial charge is 0.303 e. The quantitative estimate of drug-likeness (QED) is 0.832. The van der Waals surface area contributed by atoms with Gasteiger partial charge in [-0.1, -0.05) is 18.2 Å². The molecule has 1 aliphatic heterocycles. The van der Waals surface area contributed by atoms with Crippen LogP contribution in [-0.2, 0) is 13.6 Å². The van der Waals surface area contributed by atoms with Crippen LogP contribution in [0, 0.1) is 0 Å². The lowest BCUT2D eigenvalue weighted by Crippen LogP contribution is -2.39. The van der Waals surface area contributed by atoms with E-state index in [4.69, 9.17) is 0 Å². The molecule has 0 amide bonds. The number of fused-ring (bicyclic) bond motifs is 1. The summed E-state index contributed by atoms with van der Waals surface area (Å²) in [6.07, 6.45) is 1.51. The van der Waals surface area contributed by atoms with Gasteiger partial charge in [-0.25, -0.2) is 4.79 Å². The number of nitrogens with zero attached hydrogens (tertiary/aromatic N) is 2. The van der Waals surface area contributed by atoms with Crippen molar-refractivity contribution in [3.63, 3.8) is 0 Å². The van der Waals surface area contributed by atoms with Crippen molar-refractivity contribution in [1.82, 2.24) is 9.13 Å². The van der Waals surface area contributed by atoms with Crippen molar-refractivity contribution in [1.29, 1.82) is 0 Å². The van der Waals surface area contributed by atoms with Crippen LogP contribution in [-0.4, -0.2) is 14.9 Å². The van der Waals surface area contributed by atoms with E-state index in [2.05, 4.69) is 12.1 Å². The molecule has 2 heterocycles. The molecule has 98 valence electrons. The molecule has 0 saturated carbocycles. The van der Waals surface area contributed by atoms with Crippen LogP contribution in [0.5, 0.6) is 0 Å². The minimum atomic E-state index is -0.248. The van der Waals surface area contributed by atoms with Crippen LogP contribution in [0.3, 0.4) is 0 Å². The second kappa shape index (κ2) is 4.74. The molecule has 0 aliphatic carbocycles. The van der Waals surface area contributed by atoms with E-state index in [1.54, 1.807) is 18.8 Å². The predicted molar refractivity (Wildman–Crippen MR) is 75.9 cm³/mol. The summed E-state index contributed by atoms with van der Waals surface area (Å²) in [6.45, 7) is 0.455. The third kappa shape index (κ3) is 2.14. The van der Waals surface area contributed by atoms with Crippen molar-refractivity contribution in [3.8, 4) is 0 Å². The Bertz CT molecular complexity index is 733. The van der Waals surface area contributed by atoms with Gasteiger partial charge in [0.05, 0.1) is 0 Å². The van der Waals surface area contributed by atoms with Gasteiger partial charge in [-0.05, 0) is 11.6 Å². The SMILES string of the molecule is Cn1ccc(=O)n(CC2CSc3ccccc32)c1=O. The minimum absolute atomic E-state index is 0.225. The molecule has 0 spiro atoms. The van der Waals surface area contributed by atoms with Gasteiger partial charge < -0.3 is 4.57 Å². The molecule has 0 saturated heterocycles. The topological polar surface area (TPSA) is 44.0 Å². The molecule has 1 aromatic carbocycles. The standard InChI is InChI=1S/C14H14N2O2S/c1-15-7-6-13(17)16(14(15)18)8-10-9-19-12-5-3-2-4-11(10)12/h2-7,10H,8-9H2,1H3. The lowest BCUT2D eigenvalue weighted by molar-refractivity contribution is 0.538. The summed E-state index contributed by atoms with van der Waals surface area (Å²) in [5.41, 5.74) is 0.768. The van der Waals surface area contributed by atoms with E-state index < -0.39 is 0 Å². The van der Waals surface area contributed by atoms with E-state index in [1.807, 2.05) is 12.1 Å². The Morgan fingerprint density at radius 3 is 2.89 bits per heavy atom. The number of hydrogen-bond donors (Lipinski definition) is 0. The molecule has 2 aromatic rings. The summed E-state index contributed by atoms with van der Waals surface area (Å²) < 4.78 is 2.77. The maximum atomic E-state index is 12.0. The summed E-state index contributed by atoms with van der Waals surface area (Å²) in [5, 5.41) is 0. The number of thioether (sulfide) groups is 1. The van der Waals surface area contributed by atoms with Gasteiger partial charge in [-0.3, -0.25) is 9.36 Å². The average molecular weight is 274 g/mol. The average Bonchev–Trinajstić information content (AvgIpc) is 2.83. The fourth-order valence-electron chi connectivity index (χ4n) is 2.38. The van der Waals surface area contributed by atoms with Crippen molar-refractivity contribution >= 4 is 11.8 Å². The zero-order valence-corrected chi connectivity index (χ0v) is 11.4. The fourth-order valence-corrected chi connectivity index (χ4v) is 3.62. The zero-order valence-electron chi connectivity index (χ0n) is 10.6. The number of rotatable bonds is 2. The molecule has 1 aromatic heterocycles. The fraction of sp³-hybridized carbons (Fsp3) is 0.286. The highest BCUT2D eigenvalue weighted by molar-refractivity contribution is 7.99. The summed E-state index contributed by atoms with van der Waals surface area (Å²) in [4.78, 5) is 25.1. The monoisotopic (exact) mass is 274 g/mol. The Kier molecular flexibility index (Phi) is 3.06. The van der Waals surface area contributed by atoms with Crippen LogP contribution in [0.1, 0.15) is 11.5 Å². The molecular formula is C14H14N2O2S. The van der Waals surface area contributed by atoms with E-state index >= 15 is 0 Å². The van der Waals surface area contributed by atoms with Gasteiger partial charge in [0.15, 0.2) is 0 Å². The summed E-state index contributed by atoms with van der Waals surface area (Å²) >= 11 is 1.79. The number of hydrogen-bond acceptors (Lipinski definition) is 3. The summed E-state index contributed by atoms with van der Waals surface area (Å²) in [5.74, 6) is 1.15. The molecule has 1 aliphatic rings. The Morgan fingerprint density at radius 2 is 2.05 bits per heavy atom. The molecule has 4 nitrogen and oxygen atoms in total. The Labute approximate surface area is 114 Å². The molecule has 0 fully saturated rings. The Balaban J connectivity index is 1.99. The van der Waals surface area contributed by atoms with Gasteiger partial charge in [0.25, 0.3) is 5.56 Å². The molecule has 5 heteroatoms. The third-order valence-electron chi connectivity index (χ3n) is 3.44. The highest BCUT2D eigenvalue weighted by Gasteiger charge is 2.24. The first-order valence-electron chi connectivity index (χ1n) is 6.15. The van der Waals surface area contributed by atoms with Crippen molar-refractivity contribution in [2.75, 3.05) is 5.75 Å². The van der Waals surface area contributed by atoms with E-state index in [9.17, 15) is 9.59 Å². The molecular weight excluding hydrogens is 260 g/mol. The second-order valence-corrected chi connectivity index (χ2v) is 5.77. The van der Waals surface area contributed by atoms with E-state index in [0.29, 0.717) is 6.54 Å². The molecule has 0 N–H and O–H groups in total. The van der Waals surface area contributed by atoms with Crippen LogP contribution in [0.25, 0.3) is 0 Å². The van der Waals surface area contributed by atoms with Crippen molar-refractivity contribution < 1.29 is 0 Å². The number of aromatic nitrogens is 2. The van der Waals surface area contributed by atoms with Gasteiger partial charge in [0, 0.05) is 42.4 Å². The van der Waals surface area contributed by atoms with Gasteiger partial charge in [-0.15, -0.1) is 11.8 Å². The predicted octanol–water partition coefficient (Wildman–Crippen LogP) is 1.44. The first kappa shape index (κ1) is 12.3. The highest BCUT2D eigenvalue weighted by Crippen LogP contribution is 2.39. The van der Waals surface area contributed by atoms with Crippen molar-refractivity contribution in [3.05, 3.63) is 62.9 Å². The van der Waals surface area contributed by atoms with E-state index in [0.717, 1.165) is 5.75 Å². The van der Waals surface area contributed by atoms with Crippen LogP contribution in [0.2, 0.25) is 0 Å². The molecule has 19 heavy (non-hydrogen) atoms. The maximum absolute atomic E-state index is 12.0. The van der Waals surface area contributed by atoms with Gasteiger partial charge >= 0.3 is 5.69 Å². The van der Waals surface area contributed by atoms with E-state index in [1.165, 1.54) is 31.9 Å². The molecule has 0 bridgehead atoms. The minimum Gasteiger partial charge on any atom is -0.303 e. The van der Waals surface area contributed by atoms with Crippen LogP contribution < -0.4 is 11.2 Å². The van der Waals surface area contributed by atoms with Crippen molar-refractivity contribution in [2.45, 2.75) is 17.4 Å². The van der Waals surface area contributed by atoms with Crippen LogP contribution in [0.4, 0.5) is 0 Å². The first-order chi connectivity index (χ1) is 9.16. The molecule has 3 rings (SSSR count). The molecule has 1 atom stereocenters. The highest BCUT2D eigenvalue weighted by atomic mass is 32.2. The zero-order chi connectivity index (χ0) is 13.4. The van der Waals surface area contributed by atoms with Crippen LogP contribution >= 0.6 is 11.8 Å². The Morgan fingerprint density at radius 1 is 1.26 bits per heavy atom. The first-order valence-corrected chi connectivity index (χ1v) is 7.13. The largest absolute Gasteiger partial charge is 0.330 e. The van der Waals surface area contributed by atoms with Crippen molar-refractivity contribution in [2.24, 2.45) is 7.05 Å². The van der Waals surface area contributed by atoms with Gasteiger partial charge in [0.1, 0.15) is 0 Å². The normalized spacial score (nSPS) is 17.4. The van der Waals surface area contributed by atoms with E-state index in [-0.39, 0.29) is 17.2 Å². The molecule has 1 unspecified atom stereocenters. The van der Waals surface area contributed by atoms with Gasteiger partial charge in [-0.2, -0.15) is 0 Å². The molecule has 0 radical (unpaired) electrons.